The van der Waals surface area contributed by atoms with E-state index in [-0.39, 0.29) is 6.03 Å². The number of anilines is 1. The fourth-order valence-corrected chi connectivity index (χ4v) is 2.65. The van der Waals surface area contributed by atoms with Crippen LogP contribution in [0.15, 0.2) is 60.9 Å². The second-order valence-electron chi connectivity index (χ2n) is 6.10. The van der Waals surface area contributed by atoms with Gasteiger partial charge in [0.05, 0.1) is 12.2 Å². The molecule has 0 unspecified atom stereocenters. The molecule has 0 saturated heterocycles. The van der Waals surface area contributed by atoms with E-state index in [1.165, 1.54) is 0 Å². The van der Waals surface area contributed by atoms with Gasteiger partial charge in [0.15, 0.2) is 11.6 Å². The van der Waals surface area contributed by atoms with Gasteiger partial charge in [0, 0.05) is 6.04 Å². The van der Waals surface area contributed by atoms with Crippen LogP contribution >= 0.6 is 0 Å². The Morgan fingerprint density at radius 1 is 1.12 bits per heavy atom. The Labute approximate surface area is 151 Å². The molecule has 1 saturated carbocycles. The molecule has 0 atom stereocenters. The van der Waals surface area contributed by atoms with Gasteiger partial charge in [-0.2, -0.15) is 0 Å². The summed E-state index contributed by atoms with van der Waals surface area (Å²) in [7, 11) is 0. The van der Waals surface area contributed by atoms with Gasteiger partial charge in [0.1, 0.15) is 12.1 Å². The maximum absolute atomic E-state index is 12.3. The number of benzene rings is 2. The Kier molecular flexibility index (Phi) is 4.51. The van der Waals surface area contributed by atoms with E-state index < -0.39 is 0 Å². The summed E-state index contributed by atoms with van der Waals surface area (Å²) < 4.78 is 7.87. The summed E-state index contributed by atoms with van der Waals surface area (Å²) >= 11 is 0. The molecule has 3 aromatic rings. The van der Waals surface area contributed by atoms with Gasteiger partial charge in [-0.25, -0.2) is 4.79 Å². The molecule has 1 fully saturated rings. The summed E-state index contributed by atoms with van der Waals surface area (Å²) in [5, 5.41) is 13.6. The second-order valence-corrected chi connectivity index (χ2v) is 6.10. The monoisotopic (exact) mass is 349 g/mol. The number of carbonyl (C=O) groups excluding carboxylic acids is 1. The van der Waals surface area contributed by atoms with Gasteiger partial charge in [-0.3, -0.25) is 0 Å². The number of para-hydroxylation sites is 3. The largest absolute Gasteiger partial charge is 0.455 e. The van der Waals surface area contributed by atoms with Gasteiger partial charge in [0.25, 0.3) is 0 Å². The van der Waals surface area contributed by atoms with Gasteiger partial charge in [-0.1, -0.05) is 30.3 Å². The SMILES string of the molecule is O=C(NCc1nncn1C1CC1)Nc1ccccc1Oc1ccccc1. The first kappa shape index (κ1) is 16.1. The van der Waals surface area contributed by atoms with Gasteiger partial charge in [-0.05, 0) is 37.1 Å². The molecule has 7 nitrogen and oxygen atoms in total. The lowest BCUT2D eigenvalue weighted by molar-refractivity contribution is 0.251. The predicted octanol–water partition coefficient (Wildman–Crippen LogP) is 3.73. The molecule has 2 N–H and O–H groups in total. The normalized spacial score (nSPS) is 13.2. The van der Waals surface area contributed by atoms with Crippen molar-refractivity contribution < 1.29 is 9.53 Å². The highest BCUT2D eigenvalue weighted by molar-refractivity contribution is 5.90. The summed E-state index contributed by atoms with van der Waals surface area (Å²) in [6, 6.07) is 16.9. The number of nitrogens with one attached hydrogen (secondary N) is 2. The van der Waals surface area contributed by atoms with Crippen LogP contribution < -0.4 is 15.4 Å². The Hall–Kier alpha value is -3.35. The van der Waals surface area contributed by atoms with E-state index in [9.17, 15) is 4.79 Å². The number of nitrogens with zero attached hydrogens (tertiary/aromatic N) is 3. The van der Waals surface area contributed by atoms with Crippen LogP contribution in [0.5, 0.6) is 11.5 Å². The molecule has 4 rings (SSSR count). The molecular weight excluding hydrogens is 330 g/mol. The van der Waals surface area contributed by atoms with Gasteiger partial charge in [0.2, 0.25) is 0 Å². The molecule has 1 aromatic heterocycles. The van der Waals surface area contributed by atoms with E-state index in [1.54, 1.807) is 12.4 Å². The summed E-state index contributed by atoms with van der Waals surface area (Å²) in [5.74, 6) is 2.05. The lowest BCUT2D eigenvalue weighted by atomic mass is 10.3. The van der Waals surface area contributed by atoms with Gasteiger partial charge >= 0.3 is 6.03 Å². The van der Waals surface area contributed by atoms with E-state index in [0.29, 0.717) is 29.8 Å². The maximum atomic E-state index is 12.3. The van der Waals surface area contributed by atoms with E-state index in [4.69, 9.17) is 4.74 Å². The van der Waals surface area contributed by atoms with Crippen LogP contribution in [0.2, 0.25) is 0 Å². The minimum Gasteiger partial charge on any atom is -0.455 e. The number of amides is 2. The molecular formula is C19H19N5O2. The minimum atomic E-state index is -0.320. The van der Waals surface area contributed by atoms with Crippen molar-refractivity contribution in [3.8, 4) is 11.5 Å². The Morgan fingerprint density at radius 2 is 1.88 bits per heavy atom. The fourth-order valence-electron chi connectivity index (χ4n) is 2.65. The van der Waals surface area contributed by atoms with Crippen LogP contribution in [0.4, 0.5) is 10.5 Å². The van der Waals surface area contributed by atoms with Crippen molar-refractivity contribution in [2.75, 3.05) is 5.32 Å². The fraction of sp³-hybridized carbons (Fsp3) is 0.211. The first-order chi connectivity index (χ1) is 12.8. The predicted molar refractivity (Wildman–Crippen MR) is 97.1 cm³/mol. The van der Waals surface area contributed by atoms with Crippen molar-refractivity contribution >= 4 is 11.7 Å². The highest BCUT2D eigenvalue weighted by atomic mass is 16.5. The highest BCUT2D eigenvalue weighted by Gasteiger charge is 2.26. The third-order valence-corrected chi connectivity index (χ3v) is 4.10. The van der Waals surface area contributed by atoms with Crippen molar-refractivity contribution in [2.45, 2.75) is 25.4 Å². The third kappa shape index (κ3) is 3.83. The molecule has 2 aromatic carbocycles. The zero-order valence-corrected chi connectivity index (χ0v) is 14.1. The highest BCUT2D eigenvalue weighted by Crippen LogP contribution is 2.35. The van der Waals surface area contributed by atoms with Crippen LogP contribution in [0.25, 0.3) is 0 Å². The molecule has 1 aliphatic rings. The first-order valence-corrected chi connectivity index (χ1v) is 8.55. The Morgan fingerprint density at radius 3 is 2.69 bits per heavy atom. The van der Waals surface area contributed by atoms with Crippen LogP contribution in [-0.2, 0) is 6.54 Å². The lowest BCUT2D eigenvalue weighted by Gasteiger charge is -2.13. The molecule has 0 spiro atoms. The van der Waals surface area contributed by atoms with Crippen molar-refractivity contribution in [3.05, 3.63) is 66.7 Å². The molecule has 26 heavy (non-hydrogen) atoms. The first-order valence-electron chi connectivity index (χ1n) is 8.55. The number of ether oxygens (including phenoxy) is 1. The number of hydrogen-bond donors (Lipinski definition) is 2. The average Bonchev–Trinajstić information content (AvgIpc) is 3.40. The summed E-state index contributed by atoms with van der Waals surface area (Å²) in [6.07, 6.45) is 4.00. The molecule has 0 aliphatic heterocycles. The van der Waals surface area contributed by atoms with Gasteiger partial charge in [-0.15, -0.1) is 10.2 Å². The molecule has 0 radical (unpaired) electrons. The van der Waals surface area contributed by atoms with Gasteiger partial charge < -0.3 is 19.9 Å². The average molecular weight is 349 g/mol. The number of hydrogen-bond acceptors (Lipinski definition) is 4. The zero-order valence-electron chi connectivity index (χ0n) is 14.1. The smallest absolute Gasteiger partial charge is 0.319 e. The number of rotatable bonds is 6. The molecule has 1 heterocycles. The summed E-state index contributed by atoms with van der Waals surface area (Å²) in [5.41, 5.74) is 0.595. The van der Waals surface area contributed by atoms with E-state index >= 15 is 0 Å². The quantitative estimate of drug-likeness (QED) is 0.710. The minimum absolute atomic E-state index is 0.320. The molecule has 1 aliphatic carbocycles. The Balaban J connectivity index is 1.39. The van der Waals surface area contributed by atoms with Crippen molar-refractivity contribution in [1.29, 1.82) is 0 Å². The topological polar surface area (TPSA) is 81.1 Å². The number of carbonyl (C=O) groups is 1. The molecule has 132 valence electrons. The van der Waals surface area contributed by atoms with Crippen molar-refractivity contribution in [1.82, 2.24) is 20.1 Å². The number of urea groups is 1. The van der Waals surface area contributed by atoms with E-state index in [1.807, 2.05) is 53.1 Å². The standard InChI is InChI=1S/C19H19N5O2/c25-19(20-12-18-23-21-13-24(18)14-10-11-14)22-16-8-4-5-9-17(16)26-15-6-2-1-3-7-15/h1-9,13-14H,10-12H2,(H2,20,22,25). The van der Waals surface area contributed by atoms with Crippen LogP contribution in [0.1, 0.15) is 24.7 Å². The molecule has 7 heteroatoms. The van der Waals surface area contributed by atoms with Crippen LogP contribution in [0.3, 0.4) is 0 Å². The van der Waals surface area contributed by atoms with E-state index in [0.717, 1.165) is 18.7 Å². The maximum Gasteiger partial charge on any atom is 0.319 e. The van der Waals surface area contributed by atoms with Crippen molar-refractivity contribution in [3.63, 3.8) is 0 Å². The number of aromatic nitrogens is 3. The van der Waals surface area contributed by atoms with Crippen LogP contribution in [-0.4, -0.2) is 20.8 Å². The molecule has 2 amide bonds. The molecule has 0 bridgehead atoms. The van der Waals surface area contributed by atoms with E-state index in [2.05, 4.69) is 20.8 Å². The summed E-state index contributed by atoms with van der Waals surface area (Å²) in [6.45, 7) is 0.323. The van der Waals surface area contributed by atoms with Crippen LogP contribution in [0, 0.1) is 0 Å². The summed E-state index contributed by atoms with van der Waals surface area (Å²) in [4.78, 5) is 12.3. The third-order valence-electron chi connectivity index (χ3n) is 4.10. The second kappa shape index (κ2) is 7.26. The Bertz CT molecular complexity index is 890. The lowest BCUT2D eigenvalue weighted by Crippen LogP contribution is -2.29. The zero-order chi connectivity index (χ0) is 17.8. The van der Waals surface area contributed by atoms with Crippen molar-refractivity contribution in [2.24, 2.45) is 0 Å².